The smallest absolute Gasteiger partial charge is 0.128 e. The van der Waals surface area contributed by atoms with Crippen molar-refractivity contribution in [3.05, 3.63) is 68.9 Å². The number of rotatable bonds is 3. The van der Waals surface area contributed by atoms with Crippen LogP contribution in [0.15, 0.2) is 40.9 Å². The van der Waals surface area contributed by atoms with Crippen molar-refractivity contribution in [2.45, 2.75) is 19.9 Å². The molecule has 100 valence electrons. The lowest BCUT2D eigenvalue weighted by molar-refractivity contribution is 0.571. The molecule has 1 unspecified atom stereocenters. The molecule has 0 radical (unpaired) electrons. The summed E-state index contributed by atoms with van der Waals surface area (Å²) in [6.45, 7) is 3.86. The Morgan fingerprint density at radius 1 is 1.16 bits per heavy atom. The van der Waals surface area contributed by atoms with Crippen LogP contribution >= 0.6 is 15.9 Å². The molecule has 0 bridgehead atoms. The normalized spacial score (nSPS) is 12.5. The summed E-state index contributed by atoms with van der Waals surface area (Å²) in [6, 6.07) is 11.3. The first-order chi connectivity index (χ1) is 9.04. The lowest BCUT2D eigenvalue weighted by Crippen LogP contribution is -2.20. The van der Waals surface area contributed by atoms with Gasteiger partial charge in [0.25, 0.3) is 0 Å². The molecule has 0 spiro atoms. The first kappa shape index (κ1) is 14.2. The minimum Gasteiger partial charge on any atom is -0.309 e. The van der Waals surface area contributed by atoms with Crippen LogP contribution in [0.2, 0.25) is 0 Å². The van der Waals surface area contributed by atoms with Crippen molar-refractivity contribution in [1.82, 2.24) is 5.32 Å². The molecule has 1 N–H and O–H groups in total. The molecule has 1 atom stereocenters. The summed E-state index contributed by atoms with van der Waals surface area (Å²) in [4.78, 5) is 0. The van der Waals surface area contributed by atoms with Gasteiger partial charge in [-0.25, -0.2) is 4.39 Å². The Morgan fingerprint density at radius 2 is 1.84 bits per heavy atom. The Balaban J connectivity index is 2.58. The molecule has 1 nitrogen and oxygen atoms in total. The third-order valence-corrected chi connectivity index (χ3v) is 4.00. The van der Waals surface area contributed by atoms with E-state index < -0.39 is 0 Å². The predicted octanol–water partition coefficient (Wildman–Crippen LogP) is 4.51. The van der Waals surface area contributed by atoms with Gasteiger partial charge in [-0.05, 0) is 49.7 Å². The summed E-state index contributed by atoms with van der Waals surface area (Å²) >= 11 is 3.54. The highest BCUT2D eigenvalue weighted by Crippen LogP contribution is 2.32. The van der Waals surface area contributed by atoms with Crippen LogP contribution in [0, 0.1) is 19.7 Å². The summed E-state index contributed by atoms with van der Waals surface area (Å²) < 4.78 is 15.3. The fraction of sp³-hybridized carbons (Fsp3) is 0.250. The first-order valence-corrected chi connectivity index (χ1v) is 7.02. The second-order valence-electron chi connectivity index (χ2n) is 4.72. The topological polar surface area (TPSA) is 12.0 Å². The lowest BCUT2D eigenvalue weighted by Gasteiger charge is -2.21. The number of nitrogens with one attached hydrogen (secondary N) is 1. The highest BCUT2D eigenvalue weighted by atomic mass is 79.9. The van der Waals surface area contributed by atoms with Gasteiger partial charge in [-0.3, -0.25) is 0 Å². The molecule has 0 amide bonds. The van der Waals surface area contributed by atoms with Gasteiger partial charge in [-0.1, -0.05) is 40.2 Å². The van der Waals surface area contributed by atoms with Crippen molar-refractivity contribution >= 4 is 15.9 Å². The Morgan fingerprint density at radius 3 is 2.42 bits per heavy atom. The maximum atomic E-state index is 14.3. The molecule has 0 saturated carbocycles. The van der Waals surface area contributed by atoms with Crippen molar-refractivity contribution < 1.29 is 4.39 Å². The van der Waals surface area contributed by atoms with Gasteiger partial charge in [-0.2, -0.15) is 0 Å². The minimum absolute atomic E-state index is 0.156. The SMILES string of the molecule is CNC(c1ccccc1Br)c1c(C)cc(C)cc1F. The first-order valence-electron chi connectivity index (χ1n) is 6.23. The molecule has 0 heterocycles. The van der Waals surface area contributed by atoms with Gasteiger partial charge in [0.1, 0.15) is 5.82 Å². The summed E-state index contributed by atoms with van der Waals surface area (Å²) in [5.41, 5.74) is 3.66. The molecule has 0 saturated heterocycles. The maximum absolute atomic E-state index is 14.3. The van der Waals surface area contributed by atoms with E-state index in [1.54, 1.807) is 6.07 Å². The zero-order chi connectivity index (χ0) is 14.0. The summed E-state index contributed by atoms with van der Waals surface area (Å²) in [5, 5.41) is 3.21. The maximum Gasteiger partial charge on any atom is 0.128 e. The third-order valence-electron chi connectivity index (χ3n) is 3.27. The van der Waals surface area contributed by atoms with Crippen LogP contribution in [0.25, 0.3) is 0 Å². The fourth-order valence-corrected chi connectivity index (χ4v) is 2.97. The molecule has 2 aromatic carbocycles. The Labute approximate surface area is 122 Å². The molecule has 19 heavy (non-hydrogen) atoms. The van der Waals surface area contributed by atoms with Crippen LogP contribution < -0.4 is 5.32 Å². The largest absolute Gasteiger partial charge is 0.309 e. The number of benzene rings is 2. The molecule has 0 fully saturated rings. The van der Waals surface area contributed by atoms with Crippen LogP contribution in [-0.4, -0.2) is 7.05 Å². The highest BCUT2D eigenvalue weighted by Gasteiger charge is 2.20. The van der Waals surface area contributed by atoms with Gasteiger partial charge in [0.05, 0.1) is 6.04 Å². The Kier molecular flexibility index (Phi) is 4.38. The highest BCUT2D eigenvalue weighted by molar-refractivity contribution is 9.10. The number of hydrogen-bond donors (Lipinski definition) is 1. The van der Waals surface area contributed by atoms with Crippen molar-refractivity contribution in [2.75, 3.05) is 7.05 Å². The molecule has 0 aliphatic heterocycles. The molecular weight excluding hydrogens is 305 g/mol. The van der Waals surface area contributed by atoms with Gasteiger partial charge >= 0.3 is 0 Å². The third kappa shape index (κ3) is 2.88. The monoisotopic (exact) mass is 321 g/mol. The zero-order valence-electron chi connectivity index (χ0n) is 11.3. The Bertz CT molecular complexity index is 572. The van der Waals surface area contributed by atoms with E-state index in [4.69, 9.17) is 0 Å². The van der Waals surface area contributed by atoms with Crippen LogP contribution in [0.4, 0.5) is 4.39 Å². The lowest BCUT2D eigenvalue weighted by atomic mass is 9.93. The summed E-state index contributed by atoms with van der Waals surface area (Å²) in [7, 11) is 1.85. The molecule has 0 aromatic heterocycles. The van der Waals surface area contributed by atoms with Crippen LogP contribution in [0.5, 0.6) is 0 Å². The van der Waals surface area contributed by atoms with E-state index in [9.17, 15) is 4.39 Å². The van der Waals surface area contributed by atoms with Crippen molar-refractivity contribution in [1.29, 1.82) is 0 Å². The second kappa shape index (κ2) is 5.85. The van der Waals surface area contributed by atoms with E-state index in [1.165, 1.54) is 0 Å². The molecule has 0 aliphatic rings. The van der Waals surface area contributed by atoms with Crippen molar-refractivity contribution in [2.24, 2.45) is 0 Å². The van der Waals surface area contributed by atoms with E-state index in [2.05, 4.69) is 21.2 Å². The van der Waals surface area contributed by atoms with E-state index in [0.29, 0.717) is 5.56 Å². The minimum atomic E-state index is -0.160. The average Bonchev–Trinajstić information content (AvgIpc) is 2.34. The van der Waals surface area contributed by atoms with E-state index in [-0.39, 0.29) is 11.9 Å². The predicted molar refractivity (Wildman–Crippen MR) is 80.9 cm³/mol. The Hall–Kier alpha value is -1.19. The average molecular weight is 322 g/mol. The number of hydrogen-bond acceptors (Lipinski definition) is 1. The van der Waals surface area contributed by atoms with Gasteiger partial charge in [-0.15, -0.1) is 0 Å². The van der Waals surface area contributed by atoms with Gasteiger partial charge < -0.3 is 5.32 Å². The standard InChI is InChI=1S/C16H17BrFN/c1-10-8-11(2)15(14(18)9-10)16(19-3)12-6-4-5-7-13(12)17/h4-9,16,19H,1-3H3. The van der Waals surface area contributed by atoms with Crippen LogP contribution in [0.1, 0.15) is 28.3 Å². The van der Waals surface area contributed by atoms with Crippen molar-refractivity contribution in [3.8, 4) is 0 Å². The molecular formula is C16H17BrFN. The molecule has 3 heteroatoms. The molecule has 2 aromatic rings. The van der Waals surface area contributed by atoms with Crippen molar-refractivity contribution in [3.63, 3.8) is 0 Å². The number of aryl methyl sites for hydroxylation is 2. The second-order valence-corrected chi connectivity index (χ2v) is 5.57. The summed E-state index contributed by atoms with van der Waals surface area (Å²) in [6.07, 6.45) is 0. The van der Waals surface area contributed by atoms with E-state index in [1.807, 2.05) is 51.2 Å². The van der Waals surface area contributed by atoms with Gasteiger partial charge in [0.15, 0.2) is 0 Å². The molecule has 2 rings (SSSR count). The number of halogens is 2. The van der Waals surface area contributed by atoms with Gasteiger partial charge in [0, 0.05) is 10.0 Å². The van der Waals surface area contributed by atoms with E-state index >= 15 is 0 Å². The zero-order valence-corrected chi connectivity index (χ0v) is 12.9. The molecule has 0 aliphatic carbocycles. The van der Waals surface area contributed by atoms with E-state index in [0.717, 1.165) is 21.2 Å². The van der Waals surface area contributed by atoms with Crippen LogP contribution in [0.3, 0.4) is 0 Å². The van der Waals surface area contributed by atoms with Gasteiger partial charge in [0.2, 0.25) is 0 Å². The van der Waals surface area contributed by atoms with Crippen LogP contribution in [-0.2, 0) is 0 Å². The fourth-order valence-electron chi connectivity index (χ4n) is 2.46. The quantitative estimate of drug-likeness (QED) is 0.876. The summed E-state index contributed by atoms with van der Waals surface area (Å²) in [5.74, 6) is -0.160.